The molecule has 0 radical (unpaired) electrons. The third-order valence-electron chi connectivity index (χ3n) is 2.91. The molecule has 5 nitrogen and oxygen atoms in total. The molecule has 0 atom stereocenters. The van der Waals surface area contributed by atoms with Crippen molar-refractivity contribution in [3.05, 3.63) is 52.8 Å². The number of hydrogen-bond donors (Lipinski definition) is 1. The van der Waals surface area contributed by atoms with E-state index in [-0.39, 0.29) is 28.6 Å². The maximum absolute atomic E-state index is 13.6. The van der Waals surface area contributed by atoms with E-state index in [1.807, 2.05) is 0 Å². The third kappa shape index (κ3) is 4.43. The standard InChI is InChI=1S/C16H13ClFNO4/c1-22-12-3-5-15(10(6-12)8-20)23-9-16(21)19-14-4-2-11(17)7-13(14)18/h2-8H,9H2,1H3,(H,19,21). The van der Waals surface area contributed by atoms with E-state index in [1.54, 1.807) is 6.07 Å². The number of methoxy groups -OCH3 is 1. The lowest BCUT2D eigenvalue weighted by molar-refractivity contribution is -0.118. The van der Waals surface area contributed by atoms with Crippen LogP contribution in [-0.2, 0) is 4.79 Å². The number of carbonyl (C=O) groups is 2. The molecule has 1 N–H and O–H groups in total. The first-order valence-corrected chi connectivity index (χ1v) is 6.92. The third-order valence-corrected chi connectivity index (χ3v) is 3.14. The molecule has 0 spiro atoms. The zero-order chi connectivity index (χ0) is 16.8. The minimum absolute atomic E-state index is 0.00617. The van der Waals surface area contributed by atoms with Crippen LogP contribution >= 0.6 is 11.6 Å². The Labute approximate surface area is 137 Å². The van der Waals surface area contributed by atoms with E-state index in [0.29, 0.717) is 12.0 Å². The Morgan fingerprint density at radius 2 is 2.09 bits per heavy atom. The molecule has 2 rings (SSSR count). The normalized spacial score (nSPS) is 10.0. The fraction of sp³-hybridized carbons (Fsp3) is 0.125. The summed E-state index contributed by atoms with van der Waals surface area (Å²) in [6.07, 6.45) is 0.592. The zero-order valence-corrected chi connectivity index (χ0v) is 12.9. The van der Waals surface area contributed by atoms with Gasteiger partial charge < -0.3 is 14.8 Å². The predicted octanol–water partition coefficient (Wildman–Crippen LogP) is 3.32. The van der Waals surface area contributed by atoms with Crippen LogP contribution in [0.3, 0.4) is 0 Å². The highest BCUT2D eigenvalue weighted by Gasteiger charge is 2.10. The lowest BCUT2D eigenvalue weighted by Gasteiger charge is -2.10. The summed E-state index contributed by atoms with van der Waals surface area (Å²) in [5.41, 5.74) is 0.239. The molecule has 0 unspecified atom stereocenters. The number of rotatable bonds is 6. The van der Waals surface area contributed by atoms with Crippen molar-refractivity contribution in [3.63, 3.8) is 0 Å². The minimum Gasteiger partial charge on any atom is -0.497 e. The largest absolute Gasteiger partial charge is 0.497 e. The van der Waals surface area contributed by atoms with Gasteiger partial charge in [-0.1, -0.05) is 11.6 Å². The summed E-state index contributed by atoms with van der Waals surface area (Å²) in [6.45, 7) is -0.380. The highest BCUT2D eigenvalue weighted by molar-refractivity contribution is 6.30. The second-order valence-corrected chi connectivity index (χ2v) is 4.92. The Bertz CT molecular complexity index is 736. The number of aldehydes is 1. The Hall–Kier alpha value is -2.60. The lowest BCUT2D eigenvalue weighted by atomic mass is 10.2. The first-order valence-electron chi connectivity index (χ1n) is 6.54. The van der Waals surface area contributed by atoms with Crippen LogP contribution in [-0.4, -0.2) is 25.9 Å². The summed E-state index contributed by atoms with van der Waals surface area (Å²) >= 11 is 5.63. The van der Waals surface area contributed by atoms with Gasteiger partial charge in [0.25, 0.3) is 5.91 Å². The first kappa shape index (κ1) is 16.8. The van der Waals surface area contributed by atoms with E-state index in [0.717, 1.165) is 6.07 Å². The topological polar surface area (TPSA) is 64.6 Å². The maximum atomic E-state index is 13.6. The van der Waals surface area contributed by atoms with Gasteiger partial charge in [0.05, 0.1) is 18.4 Å². The Morgan fingerprint density at radius 3 is 2.74 bits per heavy atom. The number of benzene rings is 2. The smallest absolute Gasteiger partial charge is 0.262 e. The molecule has 0 aliphatic carbocycles. The van der Waals surface area contributed by atoms with E-state index >= 15 is 0 Å². The fourth-order valence-electron chi connectivity index (χ4n) is 1.80. The van der Waals surface area contributed by atoms with Gasteiger partial charge in [0.2, 0.25) is 0 Å². The molecule has 0 saturated heterocycles. The molecule has 2 aromatic carbocycles. The van der Waals surface area contributed by atoms with Gasteiger partial charge in [-0.25, -0.2) is 4.39 Å². The fourth-order valence-corrected chi connectivity index (χ4v) is 1.96. The summed E-state index contributed by atoms with van der Waals surface area (Å²) in [5, 5.41) is 2.58. The molecule has 0 aliphatic heterocycles. The number of hydrogen-bond acceptors (Lipinski definition) is 4. The molecular formula is C16H13ClFNO4. The van der Waals surface area contributed by atoms with Gasteiger partial charge in [0.1, 0.15) is 17.3 Å². The van der Waals surface area contributed by atoms with Gasteiger partial charge in [-0.2, -0.15) is 0 Å². The number of anilines is 1. The van der Waals surface area contributed by atoms with Gasteiger partial charge in [-0.15, -0.1) is 0 Å². The van der Waals surface area contributed by atoms with Crippen molar-refractivity contribution in [2.75, 3.05) is 19.0 Å². The van der Waals surface area contributed by atoms with Crippen LogP contribution in [0.2, 0.25) is 5.02 Å². The first-order chi connectivity index (χ1) is 11.0. The Balaban J connectivity index is 2.00. The number of ether oxygens (including phenoxy) is 2. The number of amides is 1. The number of nitrogens with one attached hydrogen (secondary N) is 1. The zero-order valence-electron chi connectivity index (χ0n) is 12.1. The van der Waals surface area contributed by atoms with Gasteiger partial charge in [0.15, 0.2) is 12.9 Å². The van der Waals surface area contributed by atoms with Crippen LogP contribution in [0.4, 0.5) is 10.1 Å². The molecule has 7 heteroatoms. The summed E-state index contributed by atoms with van der Waals surface area (Å²) in [7, 11) is 1.47. The van der Waals surface area contributed by atoms with E-state index in [2.05, 4.69) is 5.32 Å². The molecule has 0 saturated carbocycles. The molecule has 0 heterocycles. The van der Waals surface area contributed by atoms with Gasteiger partial charge in [-0.3, -0.25) is 9.59 Å². The van der Waals surface area contributed by atoms with Crippen molar-refractivity contribution in [2.45, 2.75) is 0 Å². The molecule has 0 aliphatic rings. The molecule has 0 fully saturated rings. The van der Waals surface area contributed by atoms with Crippen LogP contribution < -0.4 is 14.8 Å². The van der Waals surface area contributed by atoms with Crippen LogP contribution in [0.1, 0.15) is 10.4 Å². The van der Waals surface area contributed by atoms with Crippen molar-refractivity contribution < 1.29 is 23.5 Å². The molecule has 0 aromatic heterocycles. The van der Waals surface area contributed by atoms with Crippen LogP contribution in [0.5, 0.6) is 11.5 Å². The van der Waals surface area contributed by atoms with Gasteiger partial charge >= 0.3 is 0 Å². The highest BCUT2D eigenvalue weighted by Crippen LogP contribution is 2.23. The maximum Gasteiger partial charge on any atom is 0.262 e. The van der Waals surface area contributed by atoms with E-state index < -0.39 is 11.7 Å². The van der Waals surface area contributed by atoms with Crippen LogP contribution in [0, 0.1) is 5.82 Å². The molecule has 2 aromatic rings. The number of halogens is 2. The predicted molar refractivity (Wildman–Crippen MR) is 83.9 cm³/mol. The van der Waals surface area contributed by atoms with Gasteiger partial charge in [0, 0.05) is 5.02 Å². The van der Waals surface area contributed by atoms with Crippen molar-refractivity contribution in [1.29, 1.82) is 0 Å². The summed E-state index contributed by atoms with van der Waals surface area (Å²) < 4.78 is 23.8. The molecule has 120 valence electrons. The quantitative estimate of drug-likeness (QED) is 0.821. The second-order valence-electron chi connectivity index (χ2n) is 4.48. The number of carbonyl (C=O) groups excluding carboxylic acids is 2. The highest BCUT2D eigenvalue weighted by atomic mass is 35.5. The van der Waals surface area contributed by atoms with Crippen LogP contribution in [0.25, 0.3) is 0 Å². The van der Waals surface area contributed by atoms with Crippen molar-refractivity contribution in [1.82, 2.24) is 0 Å². The lowest BCUT2D eigenvalue weighted by Crippen LogP contribution is -2.21. The average Bonchev–Trinajstić information content (AvgIpc) is 2.55. The second kappa shape index (κ2) is 7.60. The van der Waals surface area contributed by atoms with E-state index in [1.165, 1.54) is 31.4 Å². The van der Waals surface area contributed by atoms with Crippen molar-refractivity contribution in [3.8, 4) is 11.5 Å². The SMILES string of the molecule is COc1ccc(OCC(=O)Nc2ccc(Cl)cc2F)c(C=O)c1. The van der Waals surface area contributed by atoms with Gasteiger partial charge in [-0.05, 0) is 36.4 Å². The molecule has 23 heavy (non-hydrogen) atoms. The molecule has 0 bridgehead atoms. The van der Waals surface area contributed by atoms with E-state index in [9.17, 15) is 14.0 Å². The van der Waals surface area contributed by atoms with Crippen molar-refractivity contribution >= 4 is 29.5 Å². The Morgan fingerprint density at radius 1 is 1.30 bits per heavy atom. The summed E-state index contributed by atoms with van der Waals surface area (Å²) in [5.74, 6) is -0.498. The molecule has 1 amide bonds. The minimum atomic E-state index is -0.649. The average molecular weight is 338 g/mol. The van der Waals surface area contributed by atoms with Crippen LogP contribution in [0.15, 0.2) is 36.4 Å². The molecular weight excluding hydrogens is 325 g/mol. The monoisotopic (exact) mass is 337 g/mol. The van der Waals surface area contributed by atoms with E-state index in [4.69, 9.17) is 21.1 Å². The Kier molecular flexibility index (Phi) is 5.54. The summed E-state index contributed by atoms with van der Waals surface area (Å²) in [4.78, 5) is 22.8. The summed E-state index contributed by atoms with van der Waals surface area (Å²) in [6, 6.07) is 8.48. The van der Waals surface area contributed by atoms with Crippen molar-refractivity contribution in [2.24, 2.45) is 0 Å².